The SMILES string of the molecule is CCCCNC(=O)[C@@H](Cc1ccccc1)N(Cc1cccc(OC)c1)C(=O)CN(c1ccc(Cl)cc1)S(C)(=O)=O. The molecule has 2 amide bonds. The number of benzene rings is 3. The average molecular weight is 586 g/mol. The van der Waals surface area contributed by atoms with Gasteiger partial charge in [0.25, 0.3) is 0 Å². The molecule has 0 unspecified atom stereocenters. The van der Waals surface area contributed by atoms with Crippen LogP contribution in [0.25, 0.3) is 0 Å². The van der Waals surface area contributed by atoms with E-state index in [0.29, 0.717) is 23.0 Å². The Morgan fingerprint density at radius 1 is 0.975 bits per heavy atom. The van der Waals surface area contributed by atoms with Crippen molar-refractivity contribution < 1.29 is 22.7 Å². The second-order valence-corrected chi connectivity index (χ2v) is 11.8. The first-order valence-corrected chi connectivity index (χ1v) is 15.3. The topological polar surface area (TPSA) is 96.0 Å². The first kappa shape index (κ1) is 31.0. The van der Waals surface area contributed by atoms with Crippen molar-refractivity contribution in [2.75, 3.05) is 30.8 Å². The van der Waals surface area contributed by atoms with Gasteiger partial charge in [-0.05, 0) is 53.9 Å². The van der Waals surface area contributed by atoms with Crippen LogP contribution in [0.1, 0.15) is 30.9 Å². The van der Waals surface area contributed by atoms with Crippen LogP contribution in [0.5, 0.6) is 5.75 Å². The molecule has 3 rings (SSSR count). The van der Waals surface area contributed by atoms with E-state index in [1.807, 2.05) is 43.3 Å². The predicted octanol–water partition coefficient (Wildman–Crippen LogP) is 4.67. The van der Waals surface area contributed by atoms with Gasteiger partial charge in [0.2, 0.25) is 21.8 Å². The van der Waals surface area contributed by atoms with Gasteiger partial charge >= 0.3 is 0 Å². The van der Waals surface area contributed by atoms with Gasteiger partial charge < -0.3 is 15.0 Å². The molecule has 214 valence electrons. The third-order valence-corrected chi connectivity index (χ3v) is 7.77. The van der Waals surface area contributed by atoms with Crippen LogP contribution < -0.4 is 14.4 Å². The molecule has 3 aromatic carbocycles. The molecule has 0 fully saturated rings. The number of rotatable bonds is 14. The number of halogens is 1. The summed E-state index contributed by atoms with van der Waals surface area (Å²) in [6.45, 7) is 2.09. The summed E-state index contributed by atoms with van der Waals surface area (Å²) < 4.78 is 32.0. The van der Waals surface area contributed by atoms with Crippen molar-refractivity contribution in [1.29, 1.82) is 0 Å². The maximum atomic E-state index is 14.0. The molecule has 0 heterocycles. The van der Waals surface area contributed by atoms with Crippen molar-refractivity contribution in [3.63, 3.8) is 0 Å². The fraction of sp³-hybridized carbons (Fsp3) is 0.333. The van der Waals surface area contributed by atoms with Gasteiger partial charge in [0.1, 0.15) is 18.3 Å². The number of carbonyl (C=O) groups is 2. The first-order chi connectivity index (χ1) is 19.1. The highest BCUT2D eigenvalue weighted by molar-refractivity contribution is 7.92. The number of ether oxygens (including phenoxy) is 1. The van der Waals surface area contributed by atoms with Gasteiger partial charge in [-0.25, -0.2) is 8.42 Å². The molecular weight excluding hydrogens is 550 g/mol. The van der Waals surface area contributed by atoms with Crippen LogP contribution in [0.2, 0.25) is 5.02 Å². The predicted molar refractivity (Wildman–Crippen MR) is 159 cm³/mol. The number of anilines is 1. The van der Waals surface area contributed by atoms with Gasteiger partial charge in [-0.2, -0.15) is 0 Å². The van der Waals surface area contributed by atoms with Crippen molar-refractivity contribution in [3.8, 4) is 5.75 Å². The van der Waals surface area contributed by atoms with Gasteiger partial charge in [-0.3, -0.25) is 13.9 Å². The Bertz CT molecular complexity index is 1370. The highest BCUT2D eigenvalue weighted by Gasteiger charge is 2.33. The van der Waals surface area contributed by atoms with Crippen LogP contribution in [0.3, 0.4) is 0 Å². The fourth-order valence-electron chi connectivity index (χ4n) is 4.25. The largest absolute Gasteiger partial charge is 0.497 e. The summed E-state index contributed by atoms with van der Waals surface area (Å²) in [4.78, 5) is 29.1. The molecule has 0 radical (unpaired) electrons. The third kappa shape index (κ3) is 8.99. The van der Waals surface area contributed by atoms with Crippen LogP contribution in [0.4, 0.5) is 5.69 Å². The zero-order valence-electron chi connectivity index (χ0n) is 23.0. The summed E-state index contributed by atoms with van der Waals surface area (Å²) in [7, 11) is -2.29. The number of nitrogens with one attached hydrogen (secondary N) is 1. The summed E-state index contributed by atoms with van der Waals surface area (Å²) in [5, 5.41) is 3.40. The Morgan fingerprint density at radius 2 is 1.65 bits per heavy atom. The van der Waals surface area contributed by atoms with Crippen LogP contribution in [0, 0.1) is 0 Å². The minimum atomic E-state index is -3.84. The lowest BCUT2D eigenvalue weighted by Crippen LogP contribution is -2.53. The smallest absolute Gasteiger partial charge is 0.244 e. The summed E-state index contributed by atoms with van der Waals surface area (Å²) in [6.07, 6.45) is 3.00. The van der Waals surface area contributed by atoms with E-state index in [0.717, 1.165) is 34.5 Å². The fourth-order valence-corrected chi connectivity index (χ4v) is 5.22. The molecule has 0 saturated carbocycles. The van der Waals surface area contributed by atoms with Crippen molar-refractivity contribution in [1.82, 2.24) is 10.2 Å². The highest BCUT2D eigenvalue weighted by Crippen LogP contribution is 2.23. The Hall–Kier alpha value is -3.56. The summed E-state index contributed by atoms with van der Waals surface area (Å²) in [5.74, 6) is -0.212. The molecule has 0 spiro atoms. The molecule has 40 heavy (non-hydrogen) atoms. The van der Waals surface area contributed by atoms with Crippen LogP contribution in [-0.2, 0) is 32.6 Å². The number of sulfonamides is 1. The second kappa shape index (κ2) is 14.7. The van der Waals surface area contributed by atoms with E-state index in [2.05, 4.69) is 5.32 Å². The van der Waals surface area contributed by atoms with Crippen molar-refractivity contribution in [3.05, 3.63) is 95.0 Å². The number of amides is 2. The van der Waals surface area contributed by atoms with Crippen LogP contribution in [0.15, 0.2) is 78.9 Å². The van der Waals surface area contributed by atoms with E-state index >= 15 is 0 Å². The lowest BCUT2D eigenvalue weighted by molar-refractivity contribution is -0.140. The molecule has 8 nitrogen and oxygen atoms in total. The maximum Gasteiger partial charge on any atom is 0.244 e. The summed E-state index contributed by atoms with van der Waals surface area (Å²) >= 11 is 6.01. The molecule has 1 atom stereocenters. The zero-order chi connectivity index (χ0) is 29.1. The van der Waals surface area contributed by atoms with Crippen molar-refractivity contribution >= 4 is 39.1 Å². The molecule has 0 aliphatic heterocycles. The number of methoxy groups -OCH3 is 1. The lowest BCUT2D eigenvalue weighted by atomic mass is 10.0. The molecule has 10 heteroatoms. The average Bonchev–Trinajstić information content (AvgIpc) is 2.94. The highest BCUT2D eigenvalue weighted by atomic mass is 35.5. The number of hydrogen-bond acceptors (Lipinski definition) is 5. The van der Waals surface area contributed by atoms with Gasteiger partial charge in [0.15, 0.2) is 0 Å². The molecule has 3 aromatic rings. The van der Waals surface area contributed by atoms with E-state index in [-0.39, 0.29) is 18.9 Å². The number of nitrogens with zero attached hydrogens (tertiary/aromatic N) is 2. The molecule has 0 aromatic heterocycles. The number of unbranched alkanes of at least 4 members (excludes halogenated alkanes) is 1. The number of hydrogen-bond donors (Lipinski definition) is 1. The van der Waals surface area contributed by atoms with E-state index in [1.54, 1.807) is 49.6 Å². The standard InChI is InChI=1S/C30H36ClN3O5S/c1-4-5-18-32-30(36)28(20-23-10-7-6-8-11-23)33(21-24-12-9-13-27(19-24)39-2)29(35)22-34(40(3,37)38)26-16-14-25(31)15-17-26/h6-17,19,28H,4-5,18,20-22H2,1-3H3,(H,32,36)/t28-/m1/s1. The Kier molecular flexibility index (Phi) is 11.4. The molecule has 0 saturated heterocycles. The number of carbonyl (C=O) groups excluding carboxylic acids is 2. The second-order valence-electron chi connectivity index (χ2n) is 9.47. The quantitative estimate of drug-likeness (QED) is 0.277. The molecular formula is C30H36ClN3O5S. The first-order valence-electron chi connectivity index (χ1n) is 13.1. The van der Waals surface area contributed by atoms with E-state index in [9.17, 15) is 18.0 Å². The van der Waals surface area contributed by atoms with Crippen LogP contribution in [-0.4, -0.2) is 57.6 Å². The molecule has 1 N–H and O–H groups in total. The monoisotopic (exact) mass is 585 g/mol. The lowest BCUT2D eigenvalue weighted by Gasteiger charge is -2.33. The van der Waals surface area contributed by atoms with E-state index in [4.69, 9.17) is 16.3 Å². The normalized spacial score (nSPS) is 11.9. The van der Waals surface area contributed by atoms with Gasteiger partial charge in [0.05, 0.1) is 19.1 Å². The van der Waals surface area contributed by atoms with Crippen LogP contribution >= 0.6 is 11.6 Å². The molecule has 0 aliphatic rings. The Labute approximate surface area is 241 Å². The van der Waals surface area contributed by atoms with Gasteiger partial charge in [-0.15, -0.1) is 0 Å². The van der Waals surface area contributed by atoms with Gasteiger partial charge in [0, 0.05) is 24.5 Å². The van der Waals surface area contributed by atoms with Crippen molar-refractivity contribution in [2.24, 2.45) is 0 Å². The summed E-state index contributed by atoms with van der Waals surface area (Å²) in [6, 6.07) is 22.0. The van der Waals surface area contributed by atoms with Crippen molar-refractivity contribution in [2.45, 2.75) is 38.8 Å². The Balaban J connectivity index is 2.04. The van der Waals surface area contributed by atoms with E-state index in [1.165, 1.54) is 4.90 Å². The van der Waals surface area contributed by atoms with E-state index < -0.39 is 28.5 Å². The Morgan fingerprint density at radius 3 is 2.27 bits per heavy atom. The van der Waals surface area contributed by atoms with Gasteiger partial charge in [-0.1, -0.05) is 67.4 Å². The molecule has 0 aliphatic carbocycles. The minimum Gasteiger partial charge on any atom is -0.497 e. The maximum absolute atomic E-state index is 14.0. The summed E-state index contributed by atoms with van der Waals surface area (Å²) in [5.41, 5.74) is 1.91. The third-order valence-electron chi connectivity index (χ3n) is 6.38. The zero-order valence-corrected chi connectivity index (χ0v) is 24.6. The minimum absolute atomic E-state index is 0.0763. The molecule has 0 bridgehead atoms.